The molecule has 4 aromatic rings. The fraction of sp³-hybridized carbons (Fsp3) is 0.139. The Balaban J connectivity index is 1.55. The van der Waals surface area contributed by atoms with Crippen molar-refractivity contribution in [2.24, 2.45) is 9.98 Å². The van der Waals surface area contributed by atoms with Crippen LogP contribution in [0.1, 0.15) is 45.7 Å². The van der Waals surface area contributed by atoms with Crippen LogP contribution in [0.5, 0.6) is 0 Å². The summed E-state index contributed by atoms with van der Waals surface area (Å²) < 4.78 is 5.77. The molecule has 0 saturated carbocycles. The average Bonchev–Trinajstić information content (AvgIpc) is 3.05. The molecular formula is C36H31N5O3. The fourth-order valence-electron chi connectivity index (χ4n) is 4.91. The molecule has 8 nitrogen and oxygen atoms in total. The predicted octanol–water partition coefficient (Wildman–Crippen LogP) is 8.22. The third-order valence-corrected chi connectivity index (χ3v) is 7.25. The van der Waals surface area contributed by atoms with Crippen LogP contribution < -0.4 is 10.2 Å². The maximum absolute atomic E-state index is 13.6. The zero-order valence-corrected chi connectivity index (χ0v) is 24.7. The molecule has 0 unspecified atom stereocenters. The van der Waals surface area contributed by atoms with Crippen molar-refractivity contribution in [1.29, 1.82) is 0 Å². The van der Waals surface area contributed by atoms with Gasteiger partial charge in [-0.25, -0.2) is 14.8 Å². The average molecular weight is 582 g/mol. The van der Waals surface area contributed by atoms with Crippen molar-refractivity contribution in [2.45, 2.75) is 20.8 Å². The molecule has 0 bridgehead atoms. The second-order valence-electron chi connectivity index (χ2n) is 10.0. The number of hydrogen-bond donors (Lipinski definition) is 1. The van der Waals surface area contributed by atoms with Crippen LogP contribution in [0.4, 0.5) is 28.4 Å². The van der Waals surface area contributed by atoms with Crippen molar-refractivity contribution in [3.05, 3.63) is 137 Å². The molecule has 8 heteroatoms. The maximum atomic E-state index is 13.6. The Hall–Kier alpha value is -5.81. The molecule has 1 N–H and O–H groups in total. The number of aliphatic imine (C=N–C) groups is 2. The second-order valence-corrected chi connectivity index (χ2v) is 10.0. The molecule has 1 aliphatic carbocycles. The van der Waals surface area contributed by atoms with Crippen molar-refractivity contribution < 1.29 is 14.3 Å². The number of anilines is 2. The lowest BCUT2D eigenvalue weighted by atomic mass is 9.91. The van der Waals surface area contributed by atoms with Crippen LogP contribution in [0, 0.1) is 13.5 Å². The zero-order chi connectivity index (χ0) is 31.1. The number of fused-ring (bicyclic) bond motifs is 1. The van der Waals surface area contributed by atoms with E-state index in [0.717, 1.165) is 30.0 Å². The molecule has 0 saturated heterocycles. The molecule has 4 aromatic carbocycles. The standard InChI is InChI=1S/C36H31N5O3/c1-5-41(6-2)28-19-20-30(24(3)21-28)39-32-22-33(44-23-38-27-17-15-26(37-4)16-18-27)35(42)29-13-10-14-31(34(29)32)40-36(43)25-11-8-7-9-12-25/h7-23H,5-6H2,1-3H3,(H,40,43). The number of hydrogen-bond acceptors (Lipinski definition) is 6. The zero-order valence-electron chi connectivity index (χ0n) is 24.7. The highest BCUT2D eigenvalue weighted by molar-refractivity contribution is 6.29. The van der Waals surface area contributed by atoms with Crippen LogP contribution in [0.2, 0.25) is 0 Å². The molecule has 218 valence electrons. The van der Waals surface area contributed by atoms with Gasteiger partial charge in [0, 0.05) is 41.5 Å². The Bertz CT molecular complexity index is 1830. The van der Waals surface area contributed by atoms with Crippen molar-refractivity contribution in [3.8, 4) is 0 Å². The minimum absolute atomic E-state index is 0.0433. The van der Waals surface area contributed by atoms with Gasteiger partial charge in [-0.15, -0.1) is 0 Å². The number of Topliss-reactive ketones (excluding diaryl/α,β-unsaturated/α-hetero) is 1. The van der Waals surface area contributed by atoms with E-state index < -0.39 is 0 Å². The number of allylic oxidation sites excluding steroid dienone is 2. The Labute approximate surface area is 256 Å². The van der Waals surface area contributed by atoms with E-state index in [0.29, 0.717) is 39.5 Å². The predicted molar refractivity (Wildman–Crippen MR) is 176 cm³/mol. The lowest BCUT2D eigenvalue weighted by Gasteiger charge is -2.22. The first-order valence-electron chi connectivity index (χ1n) is 14.3. The van der Waals surface area contributed by atoms with Crippen LogP contribution in [-0.4, -0.2) is 36.9 Å². The summed E-state index contributed by atoms with van der Waals surface area (Å²) in [7, 11) is 0. The van der Waals surface area contributed by atoms with Crippen molar-refractivity contribution in [1.82, 2.24) is 0 Å². The van der Waals surface area contributed by atoms with E-state index in [4.69, 9.17) is 16.3 Å². The van der Waals surface area contributed by atoms with Gasteiger partial charge in [0.1, 0.15) is 0 Å². The fourth-order valence-corrected chi connectivity index (χ4v) is 4.91. The second kappa shape index (κ2) is 13.4. The highest BCUT2D eigenvalue weighted by Crippen LogP contribution is 2.32. The molecular weight excluding hydrogens is 550 g/mol. The van der Waals surface area contributed by atoms with Gasteiger partial charge in [-0.3, -0.25) is 9.59 Å². The summed E-state index contributed by atoms with van der Waals surface area (Å²) in [5, 5.41) is 2.97. The molecule has 0 aliphatic heterocycles. The molecule has 0 radical (unpaired) electrons. The van der Waals surface area contributed by atoms with Crippen LogP contribution >= 0.6 is 0 Å². The Morgan fingerprint density at radius 3 is 2.41 bits per heavy atom. The number of nitrogens with one attached hydrogen (secondary N) is 1. The van der Waals surface area contributed by atoms with Gasteiger partial charge in [0.15, 0.2) is 17.8 Å². The number of rotatable bonds is 9. The maximum Gasteiger partial charge on any atom is 0.255 e. The first-order valence-corrected chi connectivity index (χ1v) is 14.3. The molecule has 0 spiro atoms. The van der Waals surface area contributed by atoms with Crippen LogP contribution in [0.3, 0.4) is 0 Å². The molecule has 1 amide bonds. The van der Waals surface area contributed by atoms with E-state index >= 15 is 0 Å². The third-order valence-electron chi connectivity index (χ3n) is 7.25. The summed E-state index contributed by atoms with van der Waals surface area (Å²) in [6, 6.07) is 26.8. The van der Waals surface area contributed by atoms with E-state index in [2.05, 4.69) is 40.0 Å². The van der Waals surface area contributed by atoms with Gasteiger partial charge >= 0.3 is 0 Å². The lowest BCUT2D eigenvalue weighted by Crippen LogP contribution is -2.22. The summed E-state index contributed by atoms with van der Waals surface area (Å²) in [5.74, 6) is -0.618. The van der Waals surface area contributed by atoms with Crippen molar-refractivity contribution in [2.75, 3.05) is 23.3 Å². The number of amides is 1. The smallest absolute Gasteiger partial charge is 0.255 e. The minimum Gasteiger partial charge on any atom is -0.442 e. The summed E-state index contributed by atoms with van der Waals surface area (Å²) >= 11 is 0. The van der Waals surface area contributed by atoms with Gasteiger partial charge in [-0.05, 0) is 74.9 Å². The summed E-state index contributed by atoms with van der Waals surface area (Å²) in [5.41, 5.74) is 6.15. The number of benzene rings is 4. The Morgan fingerprint density at radius 1 is 0.977 bits per heavy atom. The molecule has 1 aliphatic rings. The number of aryl methyl sites for hydroxylation is 1. The molecule has 0 heterocycles. The van der Waals surface area contributed by atoms with Crippen molar-refractivity contribution in [3.63, 3.8) is 0 Å². The van der Waals surface area contributed by atoms with Crippen LogP contribution in [0.25, 0.3) is 4.85 Å². The Morgan fingerprint density at radius 2 is 1.73 bits per heavy atom. The number of carbonyl (C=O) groups excluding carboxylic acids is 2. The van der Waals surface area contributed by atoms with E-state index in [1.807, 2.05) is 25.1 Å². The number of ketones is 1. The van der Waals surface area contributed by atoms with Gasteiger partial charge in [-0.2, -0.15) is 0 Å². The van der Waals surface area contributed by atoms with Gasteiger partial charge in [0.05, 0.1) is 29.3 Å². The molecule has 0 fully saturated rings. The highest BCUT2D eigenvalue weighted by Gasteiger charge is 2.29. The number of nitrogens with zero attached hydrogens (tertiary/aromatic N) is 4. The topological polar surface area (TPSA) is 87.7 Å². The minimum atomic E-state index is -0.363. The number of ether oxygens (including phenoxy) is 1. The first-order chi connectivity index (χ1) is 21.4. The summed E-state index contributed by atoms with van der Waals surface area (Å²) in [6.07, 6.45) is 2.78. The lowest BCUT2D eigenvalue weighted by molar-refractivity contribution is 0.0981. The van der Waals surface area contributed by atoms with E-state index in [1.165, 1.54) is 6.40 Å². The van der Waals surface area contributed by atoms with Crippen LogP contribution in [0.15, 0.2) is 113 Å². The quantitative estimate of drug-likeness (QED) is 0.123. The molecule has 0 atom stereocenters. The third kappa shape index (κ3) is 6.48. The normalized spacial score (nSPS) is 13.3. The van der Waals surface area contributed by atoms with E-state index in [9.17, 15) is 9.59 Å². The van der Waals surface area contributed by atoms with E-state index in [1.54, 1.807) is 72.8 Å². The Kier molecular flexibility index (Phi) is 9.07. The summed E-state index contributed by atoms with van der Waals surface area (Å²) in [6.45, 7) is 15.1. The molecule has 44 heavy (non-hydrogen) atoms. The van der Waals surface area contributed by atoms with E-state index in [-0.39, 0.29) is 17.4 Å². The summed E-state index contributed by atoms with van der Waals surface area (Å²) in [4.78, 5) is 41.7. The highest BCUT2D eigenvalue weighted by atomic mass is 16.5. The van der Waals surface area contributed by atoms with Gasteiger partial charge in [0.2, 0.25) is 5.78 Å². The van der Waals surface area contributed by atoms with Gasteiger partial charge in [-0.1, -0.05) is 42.5 Å². The first kappa shape index (κ1) is 29.7. The largest absolute Gasteiger partial charge is 0.442 e. The van der Waals surface area contributed by atoms with Gasteiger partial charge in [0.25, 0.3) is 5.91 Å². The SMILES string of the molecule is [C-]#[N+]c1ccc(N=COC2=CC(=Nc3ccc(N(CC)CC)cc3C)c3c(NC(=O)c4ccccc4)cccc3C2=O)cc1. The molecule has 0 aromatic heterocycles. The monoisotopic (exact) mass is 581 g/mol. The van der Waals surface area contributed by atoms with Crippen molar-refractivity contribution >= 4 is 52.2 Å². The van der Waals surface area contributed by atoms with Gasteiger partial charge < -0.3 is 15.0 Å². The number of carbonyl (C=O) groups is 2. The van der Waals surface area contributed by atoms with Crippen LogP contribution in [-0.2, 0) is 4.74 Å². The molecule has 5 rings (SSSR count).